The number of likely N-dealkylation sites (N-methyl/N-ethyl adjacent to an activating group) is 1. The van der Waals surface area contributed by atoms with Gasteiger partial charge < -0.3 is 20.5 Å². The fourth-order valence-corrected chi connectivity index (χ4v) is 6.59. The molecule has 0 spiro atoms. The molecule has 10 heteroatoms. The summed E-state index contributed by atoms with van der Waals surface area (Å²) in [6.45, 7) is 1.53. The van der Waals surface area contributed by atoms with Gasteiger partial charge in [0.15, 0.2) is 0 Å². The van der Waals surface area contributed by atoms with Crippen molar-refractivity contribution in [1.29, 1.82) is 0 Å². The molecule has 0 unspecified atom stereocenters. The van der Waals surface area contributed by atoms with Crippen LogP contribution in [-0.4, -0.2) is 63.1 Å². The minimum absolute atomic E-state index is 0.0474. The van der Waals surface area contributed by atoms with Gasteiger partial charge in [0.1, 0.15) is 11.5 Å². The van der Waals surface area contributed by atoms with Crippen molar-refractivity contribution in [2.75, 3.05) is 37.8 Å². The number of carbonyl (C=O) groups is 1. The van der Waals surface area contributed by atoms with Crippen LogP contribution in [-0.2, 0) is 4.79 Å². The second-order valence-electron chi connectivity index (χ2n) is 12.8. The lowest BCUT2D eigenvalue weighted by Gasteiger charge is -2.20. The van der Waals surface area contributed by atoms with E-state index in [9.17, 15) is 9.18 Å². The Morgan fingerprint density at radius 1 is 0.894 bits per heavy atom. The molecule has 6 aromatic rings. The Morgan fingerprint density at radius 3 is 2.57 bits per heavy atom. The van der Waals surface area contributed by atoms with Crippen molar-refractivity contribution >= 4 is 39.1 Å². The summed E-state index contributed by atoms with van der Waals surface area (Å²) < 4.78 is 14.7. The zero-order chi connectivity index (χ0) is 32.3. The van der Waals surface area contributed by atoms with Crippen LogP contribution in [0.2, 0.25) is 0 Å². The third-order valence-electron chi connectivity index (χ3n) is 8.98. The van der Waals surface area contributed by atoms with Crippen LogP contribution >= 0.6 is 0 Å². The quantitative estimate of drug-likeness (QED) is 0.123. The number of hydrogen-bond acceptors (Lipinski definition) is 6. The van der Waals surface area contributed by atoms with E-state index >= 15 is 0 Å². The Balaban J connectivity index is 1.16. The highest BCUT2D eigenvalue weighted by Crippen LogP contribution is 2.35. The van der Waals surface area contributed by atoms with E-state index in [2.05, 4.69) is 46.7 Å². The van der Waals surface area contributed by atoms with Gasteiger partial charge in [-0.2, -0.15) is 5.10 Å². The number of aromatic amines is 2. The van der Waals surface area contributed by atoms with Gasteiger partial charge in [-0.3, -0.25) is 19.9 Å². The Morgan fingerprint density at radius 2 is 1.72 bits per heavy atom. The van der Waals surface area contributed by atoms with Gasteiger partial charge in [0.2, 0.25) is 5.91 Å². The molecule has 0 bridgehead atoms. The number of nitrogens with zero attached hydrogens (tertiary/aromatic N) is 4. The van der Waals surface area contributed by atoms with Gasteiger partial charge in [-0.05, 0) is 86.9 Å². The molecule has 0 saturated heterocycles. The van der Waals surface area contributed by atoms with E-state index in [0.29, 0.717) is 41.5 Å². The second kappa shape index (κ2) is 13.3. The topological polar surface area (TPSA) is 115 Å². The maximum atomic E-state index is 14.7. The molecule has 1 aliphatic carbocycles. The van der Waals surface area contributed by atoms with E-state index in [1.807, 2.05) is 50.5 Å². The van der Waals surface area contributed by atoms with E-state index in [1.165, 1.54) is 31.4 Å². The summed E-state index contributed by atoms with van der Waals surface area (Å²) in [6.07, 6.45) is 11.8. The molecular formula is C37H39FN8O. The minimum Gasteiger partial charge on any atom is -0.384 e. The Labute approximate surface area is 273 Å². The van der Waals surface area contributed by atoms with Crippen molar-refractivity contribution in [3.8, 4) is 33.8 Å². The number of H-pyrrole nitrogens is 2. The number of anilines is 2. The molecule has 1 amide bonds. The fraction of sp³-hybridized carbons (Fsp3) is 0.297. The maximum Gasteiger partial charge on any atom is 0.224 e. The highest BCUT2D eigenvalue weighted by molar-refractivity contribution is 6.01. The second-order valence-corrected chi connectivity index (χ2v) is 12.8. The molecule has 47 heavy (non-hydrogen) atoms. The summed E-state index contributed by atoms with van der Waals surface area (Å²) >= 11 is 0. The number of fused-ring (bicyclic) bond motifs is 2. The summed E-state index contributed by atoms with van der Waals surface area (Å²) in [7, 11) is 4.01. The molecule has 4 aromatic heterocycles. The number of carbonyl (C=O) groups excluding carboxylic acids is 1. The number of halogens is 1. The minimum atomic E-state index is -0.322. The first-order valence-electron chi connectivity index (χ1n) is 16.3. The lowest BCUT2D eigenvalue weighted by Crippen LogP contribution is -2.20. The lowest BCUT2D eigenvalue weighted by atomic mass is 9.87. The third-order valence-corrected chi connectivity index (χ3v) is 8.98. The predicted molar refractivity (Wildman–Crippen MR) is 187 cm³/mol. The van der Waals surface area contributed by atoms with Gasteiger partial charge in [0, 0.05) is 65.0 Å². The summed E-state index contributed by atoms with van der Waals surface area (Å²) in [4.78, 5) is 27.4. The standard InChI is InChI=1S/C37H39FN8O/c1-46(2)13-12-40-28-16-25(15-27(38)19-28)36-31-20-34(43-32(31)10-11-41-36)37-30-18-24(8-9-33(30)44-45-37)26-17-29(22-39-21-26)42-35(47)14-23-6-4-3-5-7-23/h8-11,15-23,40,43H,3-7,12-14H2,1-2H3,(H,42,47)(H,44,45). The zero-order valence-corrected chi connectivity index (χ0v) is 26.7. The van der Waals surface area contributed by atoms with Gasteiger partial charge >= 0.3 is 0 Å². The molecule has 7 rings (SSSR count). The van der Waals surface area contributed by atoms with Crippen LogP contribution in [0.4, 0.5) is 15.8 Å². The van der Waals surface area contributed by atoms with E-state index in [1.54, 1.807) is 18.6 Å². The highest BCUT2D eigenvalue weighted by atomic mass is 19.1. The smallest absolute Gasteiger partial charge is 0.224 e. The summed E-state index contributed by atoms with van der Waals surface area (Å²) in [5, 5.41) is 16.0. The molecule has 9 nitrogen and oxygen atoms in total. The molecule has 0 atom stereocenters. The third kappa shape index (κ3) is 6.88. The first-order valence-corrected chi connectivity index (χ1v) is 16.3. The van der Waals surface area contributed by atoms with Crippen LogP contribution in [0.3, 0.4) is 0 Å². The number of pyridine rings is 2. The Kier molecular flexibility index (Phi) is 8.67. The number of hydrogen-bond donors (Lipinski definition) is 4. The maximum absolute atomic E-state index is 14.7. The molecular weight excluding hydrogens is 591 g/mol. The number of rotatable bonds is 10. The van der Waals surface area contributed by atoms with Crippen LogP contribution in [0.5, 0.6) is 0 Å². The SMILES string of the molecule is CN(C)CCNc1cc(F)cc(-c2nccc3[nH]c(-c4n[nH]c5ccc(-c6cncc(NC(=O)CC7CCCCC7)c6)cc45)cc23)c1. The zero-order valence-electron chi connectivity index (χ0n) is 26.7. The van der Waals surface area contributed by atoms with Gasteiger partial charge in [-0.15, -0.1) is 0 Å². The van der Waals surface area contributed by atoms with Crippen molar-refractivity contribution in [1.82, 2.24) is 30.0 Å². The molecule has 1 saturated carbocycles. The van der Waals surface area contributed by atoms with Crippen LogP contribution in [0.15, 0.2) is 73.2 Å². The van der Waals surface area contributed by atoms with E-state index in [-0.39, 0.29) is 11.7 Å². The summed E-state index contributed by atoms with van der Waals surface area (Å²) in [5.74, 6) is 0.198. The first kappa shape index (κ1) is 30.6. The number of aromatic nitrogens is 5. The highest BCUT2D eigenvalue weighted by Gasteiger charge is 2.18. The Bertz CT molecular complexity index is 2040. The van der Waals surface area contributed by atoms with E-state index in [4.69, 9.17) is 0 Å². The van der Waals surface area contributed by atoms with Crippen molar-refractivity contribution in [2.45, 2.75) is 38.5 Å². The monoisotopic (exact) mass is 630 g/mol. The van der Waals surface area contributed by atoms with Gasteiger partial charge in [0.25, 0.3) is 0 Å². The summed E-state index contributed by atoms with van der Waals surface area (Å²) in [6, 6.07) is 17.0. The van der Waals surface area contributed by atoms with Crippen molar-refractivity contribution in [3.05, 3.63) is 79.0 Å². The van der Waals surface area contributed by atoms with Crippen molar-refractivity contribution in [3.63, 3.8) is 0 Å². The molecule has 0 radical (unpaired) electrons. The molecule has 0 aliphatic heterocycles. The van der Waals surface area contributed by atoms with Crippen LogP contribution in [0.25, 0.3) is 55.6 Å². The molecule has 4 N–H and O–H groups in total. The Hall–Kier alpha value is -5.09. The first-order chi connectivity index (χ1) is 22.9. The van der Waals surface area contributed by atoms with Gasteiger partial charge in [0.05, 0.1) is 28.8 Å². The fourth-order valence-electron chi connectivity index (χ4n) is 6.59. The number of nitrogens with one attached hydrogen (secondary N) is 4. The molecule has 1 aliphatic rings. The molecule has 240 valence electrons. The van der Waals surface area contributed by atoms with E-state index < -0.39 is 0 Å². The lowest BCUT2D eigenvalue weighted by molar-refractivity contribution is -0.117. The van der Waals surface area contributed by atoms with Crippen LogP contribution in [0, 0.1) is 11.7 Å². The molecule has 2 aromatic carbocycles. The number of benzene rings is 2. The van der Waals surface area contributed by atoms with Crippen molar-refractivity contribution in [2.24, 2.45) is 5.92 Å². The average Bonchev–Trinajstić information content (AvgIpc) is 3.69. The average molecular weight is 631 g/mol. The number of amides is 1. The molecule has 4 heterocycles. The largest absolute Gasteiger partial charge is 0.384 e. The normalized spacial score (nSPS) is 13.9. The molecule has 1 fully saturated rings. The predicted octanol–water partition coefficient (Wildman–Crippen LogP) is 7.86. The summed E-state index contributed by atoms with van der Waals surface area (Å²) in [5.41, 5.74) is 8.01. The van der Waals surface area contributed by atoms with Crippen LogP contribution < -0.4 is 10.6 Å². The van der Waals surface area contributed by atoms with Crippen molar-refractivity contribution < 1.29 is 9.18 Å². The van der Waals surface area contributed by atoms with Gasteiger partial charge in [-0.25, -0.2) is 4.39 Å². The van der Waals surface area contributed by atoms with Crippen LogP contribution in [0.1, 0.15) is 38.5 Å². The van der Waals surface area contributed by atoms with Gasteiger partial charge in [-0.1, -0.05) is 25.3 Å². The van der Waals surface area contributed by atoms with E-state index in [0.717, 1.165) is 63.7 Å².